The van der Waals surface area contributed by atoms with Crippen LogP contribution in [0.4, 0.5) is 0 Å². The molecule has 5 heteroatoms. The average Bonchev–Trinajstić information content (AvgIpc) is 2.47. The molecule has 3 aromatic rings. The molecule has 0 aliphatic rings. The second-order valence-corrected chi connectivity index (χ2v) is 4.80. The number of halogens is 1. The normalized spacial score (nSPS) is 10.7. The largest absolute Gasteiger partial charge is 0.485 e. The fraction of sp³-hybridized carbons (Fsp3) is 0.133. The van der Waals surface area contributed by atoms with E-state index in [2.05, 4.69) is 15.2 Å². The van der Waals surface area contributed by atoms with Gasteiger partial charge in [0.1, 0.15) is 23.6 Å². The highest BCUT2D eigenvalue weighted by molar-refractivity contribution is 6.29. The van der Waals surface area contributed by atoms with Crippen molar-refractivity contribution in [3.63, 3.8) is 0 Å². The molecule has 20 heavy (non-hydrogen) atoms. The summed E-state index contributed by atoms with van der Waals surface area (Å²) in [5.74, 6) is 0.739. The van der Waals surface area contributed by atoms with Crippen LogP contribution in [-0.2, 0) is 6.61 Å². The minimum Gasteiger partial charge on any atom is -0.485 e. The second-order valence-electron chi connectivity index (χ2n) is 4.42. The van der Waals surface area contributed by atoms with Gasteiger partial charge in [0.05, 0.1) is 0 Å². The van der Waals surface area contributed by atoms with Crippen LogP contribution in [0.1, 0.15) is 11.4 Å². The highest BCUT2D eigenvalue weighted by Crippen LogP contribution is 2.24. The predicted octanol–water partition coefficient (Wildman–Crippen LogP) is 3.57. The number of benzene rings is 1. The van der Waals surface area contributed by atoms with Crippen molar-refractivity contribution >= 4 is 22.5 Å². The molecule has 0 atom stereocenters. The molecule has 0 amide bonds. The van der Waals surface area contributed by atoms with Gasteiger partial charge in [0.15, 0.2) is 5.15 Å². The van der Waals surface area contributed by atoms with E-state index in [-0.39, 0.29) is 0 Å². The number of fused-ring (bicyclic) bond motifs is 1. The minimum absolute atomic E-state index is 0.332. The first-order chi connectivity index (χ1) is 9.72. The van der Waals surface area contributed by atoms with Crippen LogP contribution in [-0.4, -0.2) is 15.2 Å². The lowest BCUT2D eigenvalue weighted by molar-refractivity contribution is 0.303. The van der Waals surface area contributed by atoms with Crippen LogP contribution < -0.4 is 4.74 Å². The number of para-hydroxylation sites is 1. The van der Waals surface area contributed by atoms with E-state index in [0.717, 1.165) is 28.0 Å². The smallest absolute Gasteiger partial charge is 0.151 e. The molecule has 0 aliphatic heterocycles. The van der Waals surface area contributed by atoms with Gasteiger partial charge in [-0.15, -0.1) is 5.10 Å². The van der Waals surface area contributed by atoms with E-state index in [1.165, 1.54) is 0 Å². The van der Waals surface area contributed by atoms with Crippen molar-refractivity contribution in [3.8, 4) is 5.75 Å². The number of nitrogens with zero attached hydrogens (tertiary/aromatic N) is 3. The first kappa shape index (κ1) is 12.8. The number of pyridine rings is 1. The van der Waals surface area contributed by atoms with E-state index in [9.17, 15) is 0 Å². The van der Waals surface area contributed by atoms with Crippen molar-refractivity contribution in [1.29, 1.82) is 0 Å². The van der Waals surface area contributed by atoms with E-state index < -0.39 is 0 Å². The standard InChI is InChI=1S/C15H12ClN3O/c1-10-5-6-11-3-2-4-13(15(11)17-10)20-9-12-7-8-14(16)19-18-12/h2-8H,9H2,1H3. The molecule has 0 fully saturated rings. The zero-order chi connectivity index (χ0) is 13.9. The Morgan fingerprint density at radius 2 is 1.95 bits per heavy atom. The first-order valence-electron chi connectivity index (χ1n) is 6.20. The summed E-state index contributed by atoms with van der Waals surface area (Å²) in [4.78, 5) is 4.52. The maximum atomic E-state index is 5.79. The second kappa shape index (κ2) is 5.43. The lowest BCUT2D eigenvalue weighted by atomic mass is 10.2. The molecule has 0 unspecified atom stereocenters. The summed E-state index contributed by atoms with van der Waals surface area (Å²) in [5, 5.41) is 9.17. The number of hydrogen-bond acceptors (Lipinski definition) is 4. The van der Waals surface area contributed by atoms with Crippen molar-refractivity contribution < 1.29 is 4.74 Å². The maximum Gasteiger partial charge on any atom is 0.151 e. The summed E-state index contributed by atoms with van der Waals surface area (Å²) >= 11 is 5.70. The quantitative estimate of drug-likeness (QED) is 0.738. The molecule has 1 aromatic carbocycles. The van der Waals surface area contributed by atoms with Crippen LogP contribution in [0.3, 0.4) is 0 Å². The molecular weight excluding hydrogens is 274 g/mol. The molecule has 2 aromatic heterocycles. The molecule has 0 spiro atoms. The summed E-state index contributed by atoms with van der Waals surface area (Å²) < 4.78 is 5.79. The molecule has 2 heterocycles. The topological polar surface area (TPSA) is 47.9 Å². The van der Waals surface area contributed by atoms with Gasteiger partial charge in [0.2, 0.25) is 0 Å². The third kappa shape index (κ3) is 2.70. The average molecular weight is 286 g/mol. The van der Waals surface area contributed by atoms with Gasteiger partial charge >= 0.3 is 0 Å². The van der Waals surface area contributed by atoms with Gasteiger partial charge in [0, 0.05) is 11.1 Å². The SMILES string of the molecule is Cc1ccc2cccc(OCc3ccc(Cl)nn3)c2n1. The predicted molar refractivity (Wildman–Crippen MR) is 77.9 cm³/mol. The van der Waals surface area contributed by atoms with Crippen molar-refractivity contribution in [1.82, 2.24) is 15.2 Å². The van der Waals surface area contributed by atoms with E-state index in [1.54, 1.807) is 12.1 Å². The monoisotopic (exact) mass is 285 g/mol. The summed E-state index contributed by atoms with van der Waals surface area (Å²) in [6.07, 6.45) is 0. The number of rotatable bonds is 3. The van der Waals surface area contributed by atoms with Crippen LogP contribution in [0.2, 0.25) is 5.15 Å². The fourth-order valence-electron chi connectivity index (χ4n) is 1.91. The van der Waals surface area contributed by atoms with Crippen LogP contribution in [0.25, 0.3) is 10.9 Å². The Morgan fingerprint density at radius 1 is 1.05 bits per heavy atom. The zero-order valence-corrected chi connectivity index (χ0v) is 11.6. The summed E-state index contributed by atoms with van der Waals surface area (Å²) in [5.41, 5.74) is 2.54. The number of aromatic nitrogens is 3. The lowest BCUT2D eigenvalue weighted by Crippen LogP contribution is -2.00. The van der Waals surface area contributed by atoms with E-state index in [1.807, 2.05) is 37.3 Å². The van der Waals surface area contributed by atoms with Crippen molar-refractivity contribution in [2.45, 2.75) is 13.5 Å². The Labute approximate surface area is 121 Å². The third-order valence-corrected chi connectivity index (χ3v) is 3.09. The molecule has 100 valence electrons. The van der Waals surface area contributed by atoms with Gasteiger partial charge in [-0.3, -0.25) is 0 Å². The molecule has 0 saturated heterocycles. The Bertz CT molecular complexity index is 744. The van der Waals surface area contributed by atoms with E-state index in [4.69, 9.17) is 16.3 Å². The Hall–Kier alpha value is -2.20. The molecule has 3 rings (SSSR count). The van der Waals surface area contributed by atoms with Crippen LogP contribution >= 0.6 is 11.6 Å². The van der Waals surface area contributed by atoms with Gasteiger partial charge in [-0.05, 0) is 31.2 Å². The van der Waals surface area contributed by atoms with Crippen LogP contribution in [0, 0.1) is 6.92 Å². The van der Waals surface area contributed by atoms with Crippen LogP contribution in [0.15, 0.2) is 42.5 Å². The number of aryl methyl sites for hydroxylation is 1. The molecule has 0 bridgehead atoms. The van der Waals surface area contributed by atoms with Gasteiger partial charge in [-0.2, -0.15) is 5.10 Å². The fourth-order valence-corrected chi connectivity index (χ4v) is 2.01. The van der Waals surface area contributed by atoms with Gasteiger partial charge in [-0.25, -0.2) is 4.98 Å². The van der Waals surface area contributed by atoms with E-state index >= 15 is 0 Å². The first-order valence-corrected chi connectivity index (χ1v) is 6.57. The van der Waals surface area contributed by atoms with Crippen molar-refractivity contribution in [3.05, 3.63) is 59.0 Å². The summed E-state index contributed by atoms with van der Waals surface area (Å²) in [6.45, 7) is 2.29. The maximum absolute atomic E-state index is 5.79. The highest BCUT2D eigenvalue weighted by Gasteiger charge is 2.05. The Kier molecular flexibility index (Phi) is 3.48. The Morgan fingerprint density at radius 3 is 2.75 bits per heavy atom. The number of hydrogen-bond donors (Lipinski definition) is 0. The molecule has 0 saturated carbocycles. The summed E-state index contributed by atoms with van der Waals surface area (Å²) in [6, 6.07) is 13.4. The lowest BCUT2D eigenvalue weighted by Gasteiger charge is -2.08. The summed E-state index contributed by atoms with van der Waals surface area (Å²) in [7, 11) is 0. The molecule has 0 N–H and O–H groups in total. The van der Waals surface area contributed by atoms with Crippen molar-refractivity contribution in [2.24, 2.45) is 0 Å². The highest BCUT2D eigenvalue weighted by atomic mass is 35.5. The van der Waals surface area contributed by atoms with Crippen molar-refractivity contribution in [2.75, 3.05) is 0 Å². The van der Waals surface area contributed by atoms with Gasteiger partial charge in [-0.1, -0.05) is 29.8 Å². The number of ether oxygens (including phenoxy) is 1. The molecule has 4 nitrogen and oxygen atoms in total. The zero-order valence-electron chi connectivity index (χ0n) is 10.9. The molecular formula is C15H12ClN3O. The third-order valence-electron chi connectivity index (χ3n) is 2.89. The molecule has 0 aliphatic carbocycles. The minimum atomic E-state index is 0.332. The van der Waals surface area contributed by atoms with E-state index in [0.29, 0.717) is 11.8 Å². The van der Waals surface area contributed by atoms with Gasteiger partial charge < -0.3 is 4.74 Å². The van der Waals surface area contributed by atoms with Gasteiger partial charge in [0.25, 0.3) is 0 Å². The molecule has 0 radical (unpaired) electrons. The Balaban J connectivity index is 1.87. The van der Waals surface area contributed by atoms with Crippen LogP contribution in [0.5, 0.6) is 5.75 Å².